The van der Waals surface area contributed by atoms with Crippen molar-refractivity contribution >= 4 is 15.9 Å². The van der Waals surface area contributed by atoms with Crippen LogP contribution >= 0.6 is 15.9 Å². The van der Waals surface area contributed by atoms with Crippen LogP contribution in [0.1, 0.15) is 0 Å². The molecule has 1 aliphatic heterocycles. The fourth-order valence-corrected chi connectivity index (χ4v) is 1.37. The molecule has 11 heavy (non-hydrogen) atoms. The lowest BCUT2D eigenvalue weighted by molar-refractivity contribution is 0.173. The molecule has 0 amide bonds. The third kappa shape index (κ3) is 0.939. The smallest absolute Gasteiger partial charge is 0.231 e. The summed E-state index contributed by atoms with van der Waals surface area (Å²) in [5.74, 6) is 1.40. The fourth-order valence-electron chi connectivity index (χ4n) is 0.928. The minimum atomic E-state index is 0.161. The molecule has 58 valence electrons. The summed E-state index contributed by atoms with van der Waals surface area (Å²) in [6, 6.07) is 3.22. The van der Waals surface area contributed by atoms with E-state index in [1.807, 2.05) is 0 Å². The van der Waals surface area contributed by atoms with Crippen LogP contribution in [0.3, 0.4) is 0 Å². The Morgan fingerprint density at radius 1 is 1.36 bits per heavy atom. The molecule has 1 aromatic rings. The molecule has 0 atom stereocenters. The second-order valence-electron chi connectivity index (χ2n) is 2.13. The van der Waals surface area contributed by atoms with Crippen LogP contribution in [0.2, 0.25) is 0 Å². The van der Waals surface area contributed by atoms with E-state index < -0.39 is 0 Å². The number of hydrogen-bond donors (Lipinski definition) is 1. The van der Waals surface area contributed by atoms with Gasteiger partial charge in [0.15, 0.2) is 11.5 Å². The highest BCUT2D eigenvalue weighted by Crippen LogP contribution is 2.43. The lowest BCUT2D eigenvalue weighted by atomic mass is 10.3. The van der Waals surface area contributed by atoms with Gasteiger partial charge in [0.1, 0.15) is 10.2 Å². The molecule has 0 fully saturated rings. The van der Waals surface area contributed by atoms with Crippen LogP contribution in [0.15, 0.2) is 16.6 Å². The zero-order chi connectivity index (χ0) is 7.84. The Morgan fingerprint density at radius 3 is 3.00 bits per heavy atom. The Morgan fingerprint density at radius 2 is 2.18 bits per heavy atom. The van der Waals surface area contributed by atoms with E-state index in [0.29, 0.717) is 16.0 Å². The number of benzene rings is 1. The number of hydrogen-bond acceptors (Lipinski definition) is 3. The van der Waals surface area contributed by atoms with Gasteiger partial charge in [-0.3, -0.25) is 0 Å². The zero-order valence-corrected chi connectivity index (χ0v) is 7.09. The van der Waals surface area contributed by atoms with Gasteiger partial charge in [-0.05, 0) is 28.1 Å². The van der Waals surface area contributed by atoms with Crippen molar-refractivity contribution in [3.63, 3.8) is 0 Å². The highest BCUT2D eigenvalue weighted by molar-refractivity contribution is 9.10. The molecule has 4 heteroatoms. The van der Waals surface area contributed by atoms with Gasteiger partial charge >= 0.3 is 0 Å². The molecule has 0 saturated carbocycles. The molecule has 1 aliphatic rings. The van der Waals surface area contributed by atoms with E-state index in [4.69, 9.17) is 9.47 Å². The Kier molecular flexibility index (Phi) is 1.42. The first-order valence-corrected chi connectivity index (χ1v) is 3.85. The number of halogens is 1. The molecule has 2 rings (SSSR count). The fraction of sp³-hybridized carbons (Fsp3) is 0.143. The molecule has 0 spiro atoms. The van der Waals surface area contributed by atoms with Crippen molar-refractivity contribution in [2.45, 2.75) is 0 Å². The Bertz CT molecular complexity index is 298. The van der Waals surface area contributed by atoms with Crippen molar-refractivity contribution in [3.8, 4) is 17.2 Å². The first-order chi connectivity index (χ1) is 5.29. The molecule has 0 unspecified atom stereocenters. The minimum absolute atomic E-state index is 0.161. The van der Waals surface area contributed by atoms with E-state index in [9.17, 15) is 5.11 Å². The van der Waals surface area contributed by atoms with Gasteiger partial charge in [0, 0.05) is 0 Å². The maximum absolute atomic E-state index is 9.20. The lowest BCUT2D eigenvalue weighted by Crippen LogP contribution is -1.93. The summed E-state index contributed by atoms with van der Waals surface area (Å²) in [5, 5.41) is 9.20. The quantitative estimate of drug-likeness (QED) is 0.720. The monoisotopic (exact) mass is 216 g/mol. The van der Waals surface area contributed by atoms with Crippen molar-refractivity contribution in [2.24, 2.45) is 0 Å². The second-order valence-corrected chi connectivity index (χ2v) is 2.93. The van der Waals surface area contributed by atoms with E-state index in [1.54, 1.807) is 12.1 Å². The van der Waals surface area contributed by atoms with E-state index in [0.717, 1.165) is 0 Å². The van der Waals surface area contributed by atoms with E-state index in [1.165, 1.54) is 0 Å². The Hall–Kier alpha value is -0.900. The topological polar surface area (TPSA) is 38.7 Å². The average molecular weight is 217 g/mol. The lowest BCUT2D eigenvalue weighted by Gasteiger charge is -1.99. The Balaban J connectivity index is 2.62. The standard InChI is InChI=1S/C7H5BrO3/c8-6-4(9)1-2-5-7(6)11-3-10-5/h1-2,9H,3H2. The largest absolute Gasteiger partial charge is 0.507 e. The minimum Gasteiger partial charge on any atom is -0.507 e. The number of rotatable bonds is 0. The number of aromatic hydroxyl groups is 1. The van der Waals surface area contributed by atoms with Crippen LogP contribution in [0, 0.1) is 0 Å². The summed E-state index contributed by atoms with van der Waals surface area (Å²) in [5.41, 5.74) is 0. The van der Waals surface area contributed by atoms with Gasteiger partial charge in [-0.1, -0.05) is 0 Å². The molecule has 0 aromatic heterocycles. The molecule has 0 bridgehead atoms. The third-order valence-electron chi connectivity index (χ3n) is 1.46. The van der Waals surface area contributed by atoms with Crippen LogP contribution in [0.4, 0.5) is 0 Å². The van der Waals surface area contributed by atoms with Gasteiger partial charge < -0.3 is 14.6 Å². The molecule has 0 saturated heterocycles. The molecule has 3 nitrogen and oxygen atoms in total. The summed E-state index contributed by atoms with van der Waals surface area (Å²) in [6.07, 6.45) is 0. The average Bonchev–Trinajstić information content (AvgIpc) is 2.45. The zero-order valence-electron chi connectivity index (χ0n) is 5.50. The van der Waals surface area contributed by atoms with Crippen molar-refractivity contribution in [1.82, 2.24) is 0 Å². The maximum Gasteiger partial charge on any atom is 0.231 e. The van der Waals surface area contributed by atoms with Crippen molar-refractivity contribution in [2.75, 3.05) is 6.79 Å². The van der Waals surface area contributed by atoms with E-state index >= 15 is 0 Å². The predicted octanol–water partition coefficient (Wildman–Crippen LogP) is 1.88. The first-order valence-electron chi connectivity index (χ1n) is 3.06. The van der Waals surface area contributed by atoms with Gasteiger partial charge in [-0.25, -0.2) is 0 Å². The second kappa shape index (κ2) is 2.30. The summed E-state index contributed by atoms with van der Waals surface area (Å²) >= 11 is 3.18. The van der Waals surface area contributed by atoms with Gasteiger partial charge in [-0.2, -0.15) is 0 Å². The molecular formula is C7H5BrO3. The molecule has 1 aromatic carbocycles. The SMILES string of the molecule is Oc1ccc2c(c1Br)OCO2. The van der Waals surface area contributed by atoms with E-state index in [-0.39, 0.29) is 12.5 Å². The normalized spacial score (nSPS) is 13.5. The molecule has 0 aliphatic carbocycles. The third-order valence-corrected chi connectivity index (χ3v) is 2.22. The van der Waals surface area contributed by atoms with Crippen LogP contribution in [-0.4, -0.2) is 11.9 Å². The first kappa shape index (κ1) is 6.79. The highest BCUT2D eigenvalue weighted by atomic mass is 79.9. The van der Waals surface area contributed by atoms with Crippen LogP contribution in [0.5, 0.6) is 17.2 Å². The highest BCUT2D eigenvalue weighted by Gasteiger charge is 2.18. The molecule has 1 heterocycles. The number of ether oxygens (including phenoxy) is 2. The molecular weight excluding hydrogens is 212 g/mol. The maximum atomic E-state index is 9.20. The summed E-state index contributed by atoms with van der Waals surface area (Å²) in [7, 11) is 0. The van der Waals surface area contributed by atoms with Gasteiger partial charge in [-0.15, -0.1) is 0 Å². The number of fused-ring (bicyclic) bond motifs is 1. The van der Waals surface area contributed by atoms with Crippen molar-refractivity contribution in [3.05, 3.63) is 16.6 Å². The van der Waals surface area contributed by atoms with Crippen molar-refractivity contribution in [1.29, 1.82) is 0 Å². The molecule has 0 radical (unpaired) electrons. The van der Waals surface area contributed by atoms with E-state index in [2.05, 4.69) is 15.9 Å². The van der Waals surface area contributed by atoms with Crippen LogP contribution < -0.4 is 9.47 Å². The molecule has 1 N–H and O–H groups in total. The predicted molar refractivity (Wildman–Crippen MR) is 41.9 cm³/mol. The van der Waals surface area contributed by atoms with Crippen LogP contribution in [0.25, 0.3) is 0 Å². The summed E-state index contributed by atoms with van der Waals surface area (Å²) < 4.78 is 10.7. The summed E-state index contributed by atoms with van der Waals surface area (Å²) in [6.45, 7) is 0.220. The van der Waals surface area contributed by atoms with Gasteiger partial charge in [0.05, 0.1) is 0 Å². The van der Waals surface area contributed by atoms with Gasteiger partial charge in [0.2, 0.25) is 6.79 Å². The van der Waals surface area contributed by atoms with Gasteiger partial charge in [0.25, 0.3) is 0 Å². The number of phenolic OH excluding ortho intramolecular Hbond substituents is 1. The Labute approximate surface area is 71.7 Å². The summed E-state index contributed by atoms with van der Waals surface area (Å²) in [4.78, 5) is 0. The number of phenols is 1. The van der Waals surface area contributed by atoms with Crippen LogP contribution in [-0.2, 0) is 0 Å². The van der Waals surface area contributed by atoms with Crippen molar-refractivity contribution < 1.29 is 14.6 Å².